The fraction of sp³-hybridized carbons (Fsp3) is 0.348. The van der Waals surface area contributed by atoms with E-state index in [9.17, 15) is 17.6 Å². The van der Waals surface area contributed by atoms with Crippen molar-refractivity contribution in [1.82, 2.24) is 24.7 Å². The van der Waals surface area contributed by atoms with Crippen LogP contribution < -0.4 is 4.72 Å². The van der Waals surface area contributed by atoms with E-state index in [1.165, 1.54) is 4.90 Å². The predicted octanol–water partition coefficient (Wildman–Crippen LogP) is 2.69. The highest BCUT2D eigenvalue weighted by Gasteiger charge is 2.30. The first kappa shape index (κ1) is 24.0. The van der Waals surface area contributed by atoms with Gasteiger partial charge in [0.1, 0.15) is 5.82 Å². The Labute approximate surface area is 197 Å². The molecule has 1 atom stereocenters. The van der Waals surface area contributed by atoms with Crippen LogP contribution in [0.4, 0.5) is 4.39 Å². The summed E-state index contributed by atoms with van der Waals surface area (Å²) >= 11 is 0. The van der Waals surface area contributed by atoms with Crippen LogP contribution in [0.3, 0.4) is 0 Å². The molecule has 1 N–H and O–H groups in total. The van der Waals surface area contributed by atoms with Gasteiger partial charge in [-0.05, 0) is 25.1 Å². The lowest BCUT2D eigenvalue weighted by molar-refractivity contribution is 0.0547. The zero-order chi connectivity index (χ0) is 24.3. The van der Waals surface area contributed by atoms with Crippen molar-refractivity contribution in [2.75, 3.05) is 32.7 Å². The maximum Gasteiger partial charge on any atom is 0.256 e. The van der Waals surface area contributed by atoms with E-state index in [4.69, 9.17) is 4.52 Å². The number of piperazine rings is 1. The normalized spacial score (nSPS) is 15.9. The first-order chi connectivity index (χ1) is 16.3. The van der Waals surface area contributed by atoms with Gasteiger partial charge in [-0.2, -0.15) is 4.98 Å². The molecule has 4 rings (SSSR count). The number of nitrogens with one attached hydrogen (secondary N) is 1. The smallest absolute Gasteiger partial charge is 0.256 e. The third-order valence-electron chi connectivity index (χ3n) is 5.79. The van der Waals surface area contributed by atoms with Gasteiger partial charge in [-0.1, -0.05) is 42.4 Å². The molecule has 0 saturated carbocycles. The highest BCUT2D eigenvalue weighted by Crippen LogP contribution is 2.24. The van der Waals surface area contributed by atoms with Crippen molar-refractivity contribution in [3.05, 3.63) is 65.8 Å². The molecular formula is C23H26FN5O4S. The molecule has 2 aromatic carbocycles. The average Bonchev–Trinajstić information content (AvgIpc) is 3.34. The molecule has 0 spiro atoms. The van der Waals surface area contributed by atoms with Crippen molar-refractivity contribution in [3.8, 4) is 11.4 Å². The van der Waals surface area contributed by atoms with Crippen molar-refractivity contribution in [1.29, 1.82) is 0 Å². The summed E-state index contributed by atoms with van der Waals surface area (Å²) < 4.78 is 46.7. The molecule has 0 bridgehead atoms. The van der Waals surface area contributed by atoms with E-state index in [-0.39, 0.29) is 23.0 Å². The quantitative estimate of drug-likeness (QED) is 0.546. The van der Waals surface area contributed by atoms with Gasteiger partial charge < -0.3 is 9.42 Å². The number of amides is 1. The van der Waals surface area contributed by atoms with E-state index in [0.717, 1.165) is 23.8 Å². The summed E-state index contributed by atoms with van der Waals surface area (Å²) in [5, 5.41) is 4.06. The molecule has 1 aromatic heterocycles. The first-order valence-corrected chi connectivity index (χ1v) is 12.5. The Morgan fingerprint density at radius 2 is 1.85 bits per heavy atom. The van der Waals surface area contributed by atoms with Crippen LogP contribution in [0, 0.1) is 5.82 Å². The minimum absolute atomic E-state index is 0.142. The second kappa shape index (κ2) is 10.00. The number of carbonyl (C=O) groups excluding carboxylic acids is 1. The van der Waals surface area contributed by atoms with E-state index >= 15 is 0 Å². The van der Waals surface area contributed by atoms with Gasteiger partial charge in [0.25, 0.3) is 5.91 Å². The van der Waals surface area contributed by atoms with Gasteiger partial charge in [-0.25, -0.2) is 17.5 Å². The summed E-state index contributed by atoms with van der Waals surface area (Å²) in [5.74, 6) is -0.303. The lowest BCUT2D eigenvalue weighted by atomic mass is 10.1. The van der Waals surface area contributed by atoms with Crippen LogP contribution in [-0.4, -0.2) is 67.0 Å². The van der Waals surface area contributed by atoms with E-state index in [0.29, 0.717) is 37.9 Å². The van der Waals surface area contributed by atoms with Gasteiger partial charge in [0, 0.05) is 38.3 Å². The van der Waals surface area contributed by atoms with Crippen LogP contribution in [0.15, 0.2) is 57.9 Å². The van der Waals surface area contributed by atoms with Gasteiger partial charge in [0.15, 0.2) is 0 Å². The maximum absolute atomic E-state index is 14.4. The standard InChI is InChI=1S/C23H26FN5O4S/c1-3-25-34(31,32)18-9-10-20(24)19(15-18)23(30)29-13-11-28(12-14-29)16(2)22-26-21(27-33-22)17-7-5-4-6-8-17/h4-10,15-16,25H,3,11-14H2,1-2H3. The van der Waals surface area contributed by atoms with Crippen molar-refractivity contribution in [2.45, 2.75) is 24.8 Å². The zero-order valence-corrected chi connectivity index (χ0v) is 19.8. The Hall–Kier alpha value is -3.15. The molecule has 34 heavy (non-hydrogen) atoms. The highest BCUT2D eigenvalue weighted by atomic mass is 32.2. The van der Waals surface area contributed by atoms with E-state index in [1.807, 2.05) is 37.3 Å². The molecule has 1 unspecified atom stereocenters. The van der Waals surface area contributed by atoms with E-state index in [1.54, 1.807) is 6.92 Å². The molecular weight excluding hydrogens is 461 g/mol. The van der Waals surface area contributed by atoms with Crippen LogP contribution in [0.25, 0.3) is 11.4 Å². The molecule has 1 saturated heterocycles. The summed E-state index contributed by atoms with van der Waals surface area (Å²) in [6.45, 7) is 5.54. The summed E-state index contributed by atoms with van der Waals surface area (Å²) in [5.41, 5.74) is 0.602. The molecule has 1 aliphatic rings. The summed E-state index contributed by atoms with van der Waals surface area (Å²) in [4.78, 5) is 21.0. The lowest BCUT2D eigenvalue weighted by Crippen LogP contribution is -2.49. The van der Waals surface area contributed by atoms with Crippen molar-refractivity contribution < 1.29 is 22.1 Å². The van der Waals surface area contributed by atoms with Gasteiger partial charge in [-0.3, -0.25) is 9.69 Å². The predicted molar refractivity (Wildman–Crippen MR) is 123 cm³/mol. The molecule has 9 nitrogen and oxygen atoms in total. The molecule has 180 valence electrons. The minimum atomic E-state index is -3.80. The number of benzene rings is 2. The third kappa shape index (κ3) is 5.01. The molecule has 2 heterocycles. The molecule has 1 fully saturated rings. The Morgan fingerprint density at radius 1 is 1.15 bits per heavy atom. The number of carbonyl (C=O) groups is 1. The number of hydrogen-bond donors (Lipinski definition) is 1. The number of aromatic nitrogens is 2. The Bertz CT molecular complexity index is 1260. The second-order valence-corrected chi connectivity index (χ2v) is 9.74. The number of halogens is 1. The lowest BCUT2D eigenvalue weighted by Gasteiger charge is -2.36. The van der Waals surface area contributed by atoms with Crippen LogP contribution in [-0.2, 0) is 10.0 Å². The number of rotatable bonds is 7. The van der Waals surface area contributed by atoms with Gasteiger partial charge in [0.2, 0.25) is 21.7 Å². The van der Waals surface area contributed by atoms with Gasteiger partial charge >= 0.3 is 0 Å². The minimum Gasteiger partial charge on any atom is -0.337 e. The zero-order valence-electron chi connectivity index (χ0n) is 18.9. The largest absolute Gasteiger partial charge is 0.337 e. The summed E-state index contributed by atoms with van der Waals surface area (Å²) in [7, 11) is -3.80. The molecule has 0 aliphatic carbocycles. The third-order valence-corrected chi connectivity index (χ3v) is 7.34. The molecule has 1 aliphatic heterocycles. The fourth-order valence-corrected chi connectivity index (χ4v) is 4.92. The maximum atomic E-state index is 14.4. The highest BCUT2D eigenvalue weighted by molar-refractivity contribution is 7.89. The second-order valence-electron chi connectivity index (χ2n) is 7.97. The topological polar surface area (TPSA) is 109 Å². The van der Waals surface area contributed by atoms with Crippen molar-refractivity contribution in [2.24, 2.45) is 0 Å². The number of sulfonamides is 1. The molecule has 0 radical (unpaired) electrons. The first-order valence-electron chi connectivity index (χ1n) is 11.0. The van der Waals surface area contributed by atoms with Crippen LogP contribution >= 0.6 is 0 Å². The van der Waals surface area contributed by atoms with Crippen molar-refractivity contribution in [3.63, 3.8) is 0 Å². The summed E-state index contributed by atoms with van der Waals surface area (Å²) in [6, 6.07) is 12.6. The van der Waals surface area contributed by atoms with Gasteiger partial charge in [-0.15, -0.1) is 0 Å². The van der Waals surface area contributed by atoms with Gasteiger partial charge in [0.05, 0.1) is 16.5 Å². The van der Waals surface area contributed by atoms with Crippen LogP contribution in [0.5, 0.6) is 0 Å². The molecule has 1 amide bonds. The number of nitrogens with zero attached hydrogens (tertiary/aromatic N) is 4. The SMILES string of the molecule is CCNS(=O)(=O)c1ccc(F)c(C(=O)N2CCN(C(C)c3nc(-c4ccccc4)no3)CC2)c1. The van der Waals surface area contributed by atoms with Crippen LogP contribution in [0.1, 0.15) is 36.1 Å². The number of hydrogen-bond acceptors (Lipinski definition) is 7. The Morgan fingerprint density at radius 3 is 2.53 bits per heavy atom. The van der Waals surface area contributed by atoms with E-state index < -0.39 is 21.7 Å². The molecule has 11 heteroatoms. The Balaban J connectivity index is 1.42. The average molecular weight is 488 g/mol. The molecule has 3 aromatic rings. The van der Waals surface area contributed by atoms with Crippen LogP contribution in [0.2, 0.25) is 0 Å². The van der Waals surface area contributed by atoms with Crippen molar-refractivity contribution >= 4 is 15.9 Å². The Kier molecular flexibility index (Phi) is 7.05. The summed E-state index contributed by atoms with van der Waals surface area (Å²) in [6.07, 6.45) is 0. The van der Waals surface area contributed by atoms with E-state index in [2.05, 4.69) is 19.8 Å². The monoisotopic (exact) mass is 487 g/mol. The fourth-order valence-electron chi connectivity index (χ4n) is 3.86.